The number of carbonyl (C=O) groups is 1. The van der Waals surface area contributed by atoms with Gasteiger partial charge in [0.15, 0.2) is 5.69 Å². The predicted octanol–water partition coefficient (Wildman–Crippen LogP) is 1.31. The number of nitrogens with zero attached hydrogens (tertiary/aromatic N) is 1. The van der Waals surface area contributed by atoms with E-state index in [1.165, 1.54) is 18.4 Å². The molecule has 1 N–H and O–H groups in total. The lowest BCUT2D eigenvalue weighted by Gasteiger charge is -2.20. The van der Waals surface area contributed by atoms with Crippen LogP contribution < -0.4 is 5.32 Å². The molecule has 0 spiro atoms. The summed E-state index contributed by atoms with van der Waals surface area (Å²) in [6, 6.07) is 0.284. The zero-order valence-electron chi connectivity index (χ0n) is 8.36. The third kappa shape index (κ3) is 2.50. The van der Waals surface area contributed by atoms with Gasteiger partial charge in [-0.3, -0.25) is 0 Å². The first kappa shape index (κ1) is 10.9. The van der Waals surface area contributed by atoms with Gasteiger partial charge in [-0.25, -0.2) is 9.78 Å². The van der Waals surface area contributed by atoms with Crippen LogP contribution in [0.5, 0.6) is 0 Å². The smallest absolute Gasteiger partial charge is 0.357 e. The Balaban J connectivity index is 2.08. The molecule has 0 radical (unpaired) electrons. The Morgan fingerprint density at radius 1 is 1.73 bits per heavy atom. The minimum atomic E-state index is -0.360. The third-order valence-electron chi connectivity index (χ3n) is 2.14. The van der Waals surface area contributed by atoms with Gasteiger partial charge in [-0.05, 0) is 0 Å². The molecule has 1 atom stereocenters. The van der Waals surface area contributed by atoms with Crippen molar-refractivity contribution >= 4 is 29.1 Å². The van der Waals surface area contributed by atoms with Crippen LogP contribution in [0.3, 0.4) is 0 Å². The van der Waals surface area contributed by atoms with E-state index in [2.05, 4.69) is 15.0 Å². The summed E-state index contributed by atoms with van der Waals surface area (Å²) in [7, 11) is 1.37. The Kier molecular flexibility index (Phi) is 3.61. The largest absolute Gasteiger partial charge is 0.464 e. The topological polar surface area (TPSA) is 51.2 Å². The van der Waals surface area contributed by atoms with Crippen molar-refractivity contribution in [3.05, 3.63) is 16.1 Å². The van der Waals surface area contributed by atoms with Gasteiger partial charge in [-0.2, -0.15) is 11.8 Å². The van der Waals surface area contributed by atoms with Crippen LogP contribution in [0.25, 0.3) is 0 Å². The van der Waals surface area contributed by atoms with Gasteiger partial charge in [0.1, 0.15) is 5.01 Å². The van der Waals surface area contributed by atoms with Crippen molar-refractivity contribution in [1.29, 1.82) is 0 Å². The van der Waals surface area contributed by atoms with Crippen LogP contribution in [0.4, 0.5) is 0 Å². The van der Waals surface area contributed by atoms with Gasteiger partial charge < -0.3 is 10.1 Å². The average Bonchev–Trinajstić information content (AvgIpc) is 2.78. The SMILES string of the molecule is COC(=O)c1csc(C2CSCCN2)n1. The molecule has 15 heavy (non-hydrogen) atoms. The van der Waals surface area contributed by atoms with Gasteiger partial charge >= 0.3 is 5.97 Å². The first-order valence-electron chi connectivity index (χ1n) is 4.66. The molecule has 1 aliphatic heterocycles. The Morgan fingerprint density at radius 3 is 3.27 bits per heavy atom. The number of thioether (sulfide) groups is 1. The van der Waals surface area contributed by atoms with E-state index < -0.39 is 0 Å². The second-order valence-electron chi connectivity index (χ2n) is 3.14. The summed E-state index contributed by atoms with van der Waals surface area (Å²) in [6.45, 7) is 1.00. The van der Waals surface area contributed by atoms with Crippen LogP contribution in [-0.2, 0) is 4.74 Å². The fourth-order valence-electron chi connectivity index (χ4n) is 1.37. The molecular formula is C9H12N2O2S2. The van der Waals surface area contributed by atoms with Crippen molar-refractivity contribution in [3.63, 3.8) is 0 Å². The normalized spacial score (nSPS) is 21.3. The lowest BCUT2D eigenvalue weighted by atomic mass is 10.3. The lowest BCUT2D eigenvalue weighted by Crippen LogP contribution is -2.30. The van der Waals surface area contributed by atoms with E-state index in [9.17, 15) is 4.79 Å². The monoisotopic (exact) mass is 244 g/mol. The molecule has 0 aliphatic carbocycles. The Bertz CT molecular complexity index is 348. The van der Waals surface area contributed by atoms with Gasteiger partial charge in [-0.1, -0.05) is 0 Å². The quantitative estimate of drug-likeness (QED) is 0.795. The second-order valence-corrected chi connectivity index (χ2v) is 5.18. The summed E-state index contributed by atoms with van der Waals surface area (Å²) in [5.74, 6) is 1.81. The van der Waals surface area contributed by atoms with Gasteiger partial charge in [0.25, 0.3) is 0 Å². The highest BCUT2D eigenvalue weighted by Gasteiger charge is 2.20. The number of hydrogen-bond donors (Lipinski definition) is 1. The molecule has 6 heteroatoms. The van der Waals surface area contributed by atoms with Crippen LogP contribution in [0, 0.1) is 0 Å². The van der Waals surface area contributed by atoms with Crippen LogP contribution >= 0.6 is 23.1 Å². The van der Waals surface area contributed by atoms with Gasteiger partial charge in [0, 0.05) is 23.4 Å². The number of methoxy groups -OCH3 is 1. The first-order chi connectivity index (χ1) is 7.31. The maximum absolute atomic E-state index is 11.2. The Labute approximate surface area is 96.4 Å². The van der Waals surface area contributed by atoms with E-state index in [1.54, 1.807) is 5.38 Å². The standard InChI is InChI=1S/C9H12N2O2S2/c1-13-9(12)7-5-15-8(11-7)6-4-14-3-2-10-6/h5-6,10H,2-4H2,1H3. The number of rotatable bonds is 2. The number of ether oxygens (including phenoxy) is 1. The fraction of sp³-hybridized carbons (Fsp3) is 0.556. The molecular weight excluding hydrogens is 232 g/mol. The summed E-state index contributed by atoms with van der Waals surface area (Å²) < 4.78 is 4.62. The van der Waals surface area contributed by atoms with Crippen molar-refractivity contribution in [1.82, 2.24) is 10.3 Å². The minimum absolute atomic E-state index is 0.284. The molecule has 4 nitrogen and oxygen atoms in total. The predicted molar refractivity (Wildman–Crippen MR) is 61.5 cm³/mol. The number of thiazole rings is 1. The van der Waals surface area contributed by atoms with Crippen LogP contribution in [-0.4, -0.2) is 36.1 Å². The number of carbonyl (C=O) groups excluding carboxylic acids is 1. The summed E-state index contributed by atoms with van der Waals surface area (Å²) in [5, 5.41) is 6.11. The van der Waals surface area contributed by atoms with Crippen molar-refractivity contribution in [3.8, 4) is 0 Å². The molecule has 1 saturated heterocycles. The molecule has 1 fully saturated rings. The zero-order chi connectivity index (χ0) is 10.7. The number of nitrogens with one attached hydrogen (secondary N) is 1. The molecule has 1 aromatic rings. The Morgan fingerprint density at radius 2 is 2.60 bits per heavy atom. The second kappa shape index (κ2) is 4.96. The average molecular weight is 244 g/mol. The number of esters is 1. The fourth-order valence-corrected chi connectivity index (χ4v) is 3.28. The maximum Gasteiger partial charge on any atom is 0.357 e. The highest BCUT2D eigenvalue weighted by atomic mass is 32.2. The highest BCUT2D eigenvalue weighted by molar-refractivity contribution is 7.99. The highest BCUT2D eigenvalue weighted by Crippen LogP contribution is 2.24. The first-order valence-corrected chi connectivity index (χ1v) is 6.69. The van der Waals surface area contributed by atoms with Crippen molar-refractivity contribution in [2.75, 3.05) is 25.2 Å². The van der Waals surface area contributed by atoms with Gasteiger partial charge in [0.05, 0.1) is 13.2 Å². The van der Waals surface area contributed by atoms with Gasteiger partial charge in [-0.15, -0.1) is 11.3 Å². The maximum atomic E-state index is 11.2. The van der Waals surface area contributed by atoms with E-state index in [1.807, 2.05) is 11.8 Å². The van der Waals surface area contributed by atoms with E-state index in [4.69, 9.17) is 0 Å². The summed E-state index contributed by atoms with van der Waals surface area (Å²) in [4.78, 5) is 15.5. The van der Waals surface area contributed by atoms with Crippen LogP contribution in [0.15, 0.2) is 5.38 Å². The summed E-state index contributed by atoms with van der Waals surface area (Å²) in [6.07, 6.45) is 0. The van der Waals surface area contributed by atoms with E-state index in [0.29, 0.717) is 5.69 Å². The van der Waals surface area contributed by atoms with Crippen molar-refractivity contribution in [2.45, 2.75) is 6.04 Å². The number of aromatic nitrogens is 1. The molecule has 2 heterocycles. The molecule has 0 aromatic carbocycles. The van der Waals surface area contributed by atoms with E-state index in [-0.39, 0.29) is 12.0 Å². The van der Waals surface area contributed by atoms with Gasteiger partial charge in [0.2, 0.25) is 0 Å². The number of hydrogen-bond acceptors (Lipinski definition) is 6. The molecule has 0 saturated carbocycles. The molecule has 82 valence electrons. The van der Waals surface area contributed by atoms with Crippen molar-refractivity contribution < 1.29 is 9.53 Å². The molecule has 0 amide bonds. The molecule has 1 aliphatic rings. The summed E-state index contributed by atoms with van der Waals surface area (Å²) >= 11 is 3.42. The molecule has 0 bridgehead atoms. The minimum Gasteiger partial charge on any atom is -0.464 e. The van der Waals surface area contributed by atoms with Crippen LogP contribution in [0.2, 0.25) is 0 Å². The molecule has 1 aromatic heterocycles. The Hall–Kier alpha value is -0.590. The lowest BCUT2D eigenvalue weighted by molar-refractivity contribution is 0.0594. The molecule has 1 unspecified atom stereocenters. The molecule has 2 rings (SSSR count). The summed E-state index contributed by atoms with van der Waals surface area (Å²) in [5.41, 5.74) is 0.412. The van der Waals surface area contributed by atoms with Crippen molar-refractivity contribution in [2.24, 2.45) is 0 Å². The zero-order valence-corrected chi connectivity index (χ0v) is 9.99. The van der Waals surface area contributed by atoms with E-state index in [0.717, 1.165) is 23.1 Å². The van der Waals surface area contributed by atoms with Crippen LogP contribution in [0.1, 0.15) is 21.5 Å². The van der Waals surface area contributed by atoms with E-state index >= 15 is 0 Å². The third-order valence-corrected chi connectivity index (χ3v) is 4.16.